The lowest BCUT2D eigenvalue weighted by Gasteiger charge is -2.26. The molecule has 1 N–H and O–H groups in total. The van der Waals surface area contributed by atoms with Gasteiger partial charge in [0.1, 0.15) is 6.54 Å². The first-order chi connectivity index (χ1) is 13.3. The molecule has 9 heteroatoms. The number of nitrogens with one attached hydrogen (secondary N) is 1. The predicted molar refractivity (Wildman–Crippen MR) is 107 cm³/mol. The Hall–Kier alpha value is -2.91. The molecule has 2 rings (SSSR count). The van der Waals surface area contributed by atoms with Crippen LogP contribution in [0.25, 0.3) is 0 Å². The van der Waals surface area contributed by atoms with Crippen LogP contribution in [0, 0.1) is 0 Å². The van der Waals surface area contributed by atoms with E-state index in [1.807, 2.05) is 0 Å². The van der Waals surface area contributed by atoms with Crippen LogP contribution in [0.1, 0.15) is 17.3 Å². The molecule has 0 bridgehead atoms. The second kappa shape index (κ2) is 9.34. The average Bonchev–Trinajstić information content (AvgIpc) is 2.67. The van der Waals surface area contributed by atoms with Crippen molar-refractivity contribution in [3.05, 3.63) is 60.2 Å². The van der Waals surface area contributed by atoms with E-state index < -0.39 is 28.6 Å². The van der Waals surface area contributed by atoms with Crippen molar-refractivity contribution in [2.75, 3.05) is 36.9 Å². The third-order valence-corrected chi connectivity index (χ3v) is 5.55. The van der Waals surface area contributed by atoms with E-state index in [1.165, 1.54) is 20.2 Å². The monoisotopic (exact) mass is 405 g/mol. The topological polar surface area (TPSA) is 96.0 Å². The van der Waals surface area contributed by atoms with Crippen LogP contribution in [0.5, 0.6) is 0 Å². The molecule has 2 aromatic rings. The van der Waals surface area contributed by atoms with Gasteiger partial charge >= 0.3 is 16.2 Å². The van der Waals surface area contributed by atoms with Crippen molar-refractivity contribution >= 4 is 33.5 Å². The highest BCUT2D eigenvalue weighted by molar-refractivity contribution is 7.90. The zero-order valence-electron chi connectivity index (χ0n) is 16.0. The molecule has 0 aliphatic heterocycles. The summed E-state index contributed by atoms with van der Waals surface area (Å²) < 4.78 is 32.3. The minimum atomic E-state index is -3.88. The van der Waals surface area contributed by atoms with Gasteiger partial charge in [0.15, 0.2) is 0 Å². The summed E-state index contributed by atoms with van der Waals surface area (Å²) in [4.78, 5) is 24.3. The summed E-state index contributed by atoms with van der Waals surface area (Å²) in [7, 11) is -1.09. The zero-order valence-corrected chi connectivity index (χ0v) is 16.8. The Morgan fingerprint density at radius 1 is 1.04 bits per heavy atom. The van der Waals surface area contributed by atoms with Gasteiger partial charge in [-0.05, 0) is 37.3 Å². The standard InChI is InChI=1S/C19H23N3O5S/c1-4-27-19(24)15-9-8-10-16(13-15)20-18(23)14-22(28(25,26)21(2)3)17-11-6-5-7-12-17/h5-13H,4,14H2,1-3H3,(H,20,23). The highest BCUT2D eigenvalue weighted by atomic mass is 32.2. The van der Waals surface area contributed by atoms with Crippen LogP contribution in [-0.4, -0.2) is 51.8 Å². The van der Waals surface area contributed by atoms with Crippen molar-refractivity contribution in [3.63, 3.8) is 0 Å². The minimum absolute atomic E-state index is 0.240. The van der Waals surface area contributed by atoms with Crippen LogP contribution in [0.15, 0.2) is 54.6 Å². The number of hydrogen-bond acceptors (Lipinski definition) is 5. The molecule has 0 radical (unpaired) electrons. The SMILES string of the molecule is CCOC(=O)c1cccc(NC(=O)CN(c2ccccc2)S(=O)(=O)N(C)C)c1. The second-order valence-electron chi connectivity index (χ2n) is 5.98. The Labute approximate surface area is 164 Å². The van der Waals surface area contributed by atoms with Crippen molar-refractivity contribution in [2.45, 2.75) is 6.92 Å². The van der Waals surface area contributed by atoms with E-state index in [-0.39, 0.29) is 6.61 Å². The summed E-state index contributed by atoms with van der Waals surface area (Å²) in [6.07, 6.45) is 0. The lowest BCUT2D eigenvalue weighted by Crippen LogP contribution is -2.44. The van der Waals surface area contributed by atoms with E-state index >= 15 is 0 Å². The molecule has 0 aliphatic rings. The van der Waals surface area contributed by atoms with Gasteiger partial charge in [-0.1, -0.05) is 24.3 Å². The van der Waals surface area contributed by atoms with Gasteiger partial charge in [-0.15, -0.1) is 0 Å². The van der Waals surface area contributed by atoms with Gasteiger partial charge < -0.3 is 10.1 Å². The number of para-hydroxylation sites is 1. The maximum Gasteiger partial charge on any atom is 0.338 e. The summed E-state index contributed by atoms with van der Waals surface area (Å²) >= 11 is 0. The highest BCUT2D eigenvalue weighted by Gasteiger charge is 2.27. The molecule has 0 saturated heterocycles. The van der Waals surface area contributed by atoms with Crippen molar-refractivity contribution in [3.8, 4) is 0 Å². The molecule has 0 atom stereocenters. The fraction of sp³-hybridized carbons (Fsp3) is 0.263. The number of anilines is 2. The molecule has 0 saturated carbocycles. The van der Waals surface area contributed by atoms with Crippen molar-refractivity contribution in [1.82, 2.24) is 4.31 Å². The Bertz CT molecular complexity index is 930. The molecule has 0 aromatic heterocycles. The molecule has 1 amide bonds. The summed E-state index contributed by atoms with van der Waals surface area (Å²) in [6.45, 7) is 1.52. The van der Waals surface area contributed by atoms with Gasteiger partial charge in [0.05, 0.1) is 17.9 Å². The largest absolute Gasteiger partial charge is 0.462 e. The second-order valence-corrected chi connectivity index (χ2v) is 8.05. The van der Waals surface area contributed by atoms with Crippen LogP contribution in [-0.2, 0) is 19.7 Å². The number of esters is 1. The van der Waals surface area contributed by atoms with Crippen LogP contribution in [0.4, 0.5) is 11.4 Å². The normalized spacial score (nSPS) is 11.1. The molecular formula is C19H23N3O5S. The molecule has 2 aromatic carbocycles. The van der Waals surface area contributed by atoms with Crippen LogP contribution in [0.3, 0.4) is 0 Å². The molecule has 0 spiro atoms. The number of ether oxygens (including phenoxy) is 1. The average molecular weight is 405 g/mol. The Morgan fingerprint density at radius 2 is 1.71 bits per heavy atom. The lowest BCUT2D eigenvalue weighted by atomic mass is 10.2. The molecule has 0 fully saturated rings. The summed E-state index contributed by atoms with van der Waals surface area (Å²) in [5.41, 5.74) is 1.03. The number of rotatable bonds is 8. The van der Waals surface area contributed by atoms with Crippen molar-refractivity contribution in [1.29, 1.82) is 0 Å². The molecule has 0 heterocycles. The van der Waals surface area contributed by atoms with Gasteiger partial charge in [-0.25, -0.2) is 9.10 Å². The summed E-state index contributed by atoms with van der Waals surface area (Å²) in [5, 5.41) is 2.62. The number of benzene rings is 2. The number of carbonyl (C=O) groups excluding carboxylic acids is 2. The third kappa shape index (κ3) is 5.30. The van der Waals surface area contributed by atoms with E-state index in [2.05, 4.69) is 5.32 Å². The summed E-state index contributed by atoms with van der Waals surface area (Å²) in [5.74, 6) is -1.05. The molecule has 8 nitrogen and oxygen atoms in total. The van der Waals surface area contributed by atoms with E-state index in [0.29, 0.717) is 16.9 Å². The first kappa shape index (κ1) is 21.4. The number of hydrogen-bond donors (Lipinski definition) is 1. The van der Waals surface area contributed by atoms with Gasteiger partial charge in [0, 0.05) is 19.8 Å². The van der Waals surface area contributed by atoms with Gasteiger partial charge in [-0.2, -0.15) is 12.7 Å². The number of amides is 1. The molecule has 150 valence electrons. The first-order valence-electron chi connectivity index (χ1n) is 8.58. The molecule has 0 aliphatic carbocycles. The fourth-order valence-corrected chi connectivity index (χ4v) is 3.43. The summed E-state index contributed by atoms with van der Waals surface area (Å²) in [6, 6.07) is 14.6. The van der Waals surface area contributed by atoms with Crippen molar-refractivity contribution in [2.24, 2.45) is 0 Å². The smallest absolute Gasteiger partial charge is 0.338 e. The quantitative estimate of drug-likeness (QED) is 0.679. The molecule has 0 unspecified atom stereocenters. The van der Waals surface area contributed by atoms with E-state index in [9.17, 15) is 18.0 Å². The minimum Gasteiger partial charge on any atom is -0.462 e. The van der Waals surface area contributed by atoms with Gasteiger partial charge in [0.2, 0.25) is 5.91 Å². The third-order valence-electron chi connectivity index (χ3n) is 3.73. The molecular weight excluding hydrogens is 382 g/mol. The highest BCUT2D eigenvalue weighted by Crippen LogP contribution is 2.19. The van der Waals surface area contributed by atoms with Crippen LogP contribution >= 0.6 is 0 Å². The van der Waals surface area contributed by atoms with E-state index in [1.54, 1.807) is 55.5 Å². The zero-order chi connectivity index (χ0) is 20.7. The Morgan fingerprint density at radius 3 is 2.32 bits per heavy atom. The van der Waals surface area contributed by atoms with Gasteiger partial charge in [0.25, 0.3) is 0 Å². The van der Waals surface area contributed by atoms with E-state index in [4.69, 9.17) is 4.74 Å². The van der Waals surface area contributed by atoms with Crippen LogP contribution in [0.2, 0.25) is 0 Å². The lowest BCUT2D eigenvalue weighted by molar-refractivity contribution is -0.114. The number of carbonyl (C=O) groups is 2. The molecule has 28 heavy (non-hydrogen) atoms. The first-order valence-corrected chi connectivity index (χ1v) is 9.97. The van der Waals surface area contributed by atoms with Gasteiger partial charge in [-0.3, -0.25) is 4.79 Å². The Balaban J connectivity index is 2.21. The maximum absolute atomic E-state index is 12.6. The van der Waals surface area contributed by atoms with Crippen molar-refractivity contribution < 1.29 is 22.7 Å². The van der Waals surface area contributed by atoms with E-state index in [0.717, 1.165) is 8.61 Å². The Kier molecular flexibility index (Phi) is 7.13. The predicted octanol–water partition coefficient (Wildman–Crippen LogP) is 2.11. The maximum atomic E-state index is 12.6. The van der Waals surface area contributed by atoms with Crippen LogP contribution < -0.4 is 9.62 Å². The number of nitrogens with zero attached hydrogens (tertiary/aromatic N) is 2. The fourth-order valence-electron chi connectivity index (χ4n) is 2.37.